The second-order valence-corrected chi connectivity index (χ2v) is 8.29. The minimum Gasteiger partial charge on any atom is -0.493 e. The van der Waals surface area contributed by atoms with Crippen LogP contribution in [0.2, 0.25) is 0 Å². The molecular formula is C25H32N2O4. The Kier molecular flexibility index (Phi) is 7.55. The minimum absolute atomic E-state index is 0.0295. The van der Waals surface area contributed by atoms with E-state index in [4.69, 9.17) is 9.47 Å². The van der Waals surface area contributed by atoms with Crippen molar-refractivity contribution in [3.05, 3.63) is 59.2 Å². The summed E-state index contributed by atoms with van der Waals surface area (Å²) in [5, 5.41) is 2.98. The predicted molar refractivity (Wildman–Crippen MR) is 120 cm³/mol. The molecule has 1 saturated heterocycles. The first-order valence-corrected chi connectivity index (χ1v) is 10.8. The summed E-state index contributed by atoms with van der Waals surface area (Å²) >= 11 is 0. The lowest BCUT2D eigenvalue weighted by Gasteiger charge is -2.17. The van der Waals surface area contributed by atoms with Crippen molar-refractivity contribution in [1.29, 1.82) is 0 Å². The molecule has 1 fully saturated rings. The van der Waals surface area contributed by atoms with Gasteiger partial charge in [0.2, 0.25) is 11.8 Å². The van der Waals surface area contributed by atoms with Gasteiger partial charge in [0.05, 0.1) is 20.1 Å². The summed E-state index contributed by atoms with van der Waals surface area (Å²) < 4.78 is 10.6. The second kappa shape index (κ2) is 10.3. The molecule has 2 amide bonds. The molecule has 0 aliphatic carbocycles. The number of rotatable bonds is 9. The van der Waals surface area contributed by atoms with Gasteiger partial charge in [-0.3, -0.25) is 9.59 Å². The molecule has 1 unspecified atom stereocenters. The maximum absolute atomic E-state index is 12.6. The number of amides is 2. The summed E-state index contributed by atoms with van der Waals surface area (Å²) in [5.74, 6) is 1.51. The summed E-state index contributed by atoms with van der Waals surface area (Å²) in [6.45, 7) is 5.84. The first-order chi connectivity index (χ1) is 14.9. The van der Waals surface area contributed by atoms with Crippen LogP contribution < -0.4 is 14.8 Å². The fourth-order valence-electron chi connectivity index (χ4n) is 3.82. The van der Waals surface area contributed by atoms with Crippen molar-refractivity contribution in [1.82, 2.24) is 10.2 Å². The van der Waals surface area contributed by atoms with Gasteiger partial charge in [-0.1, -0.05) is 44.2 Å². The number of carbonyl (C=O) groups excluding carboxylic acids is 2. The molecule has 1 atom stereocenters. The Morgan fingerprint density at radius 2 is 1.74 bits per heavy atom. The van der Waals surface area contributed by atoms with E-state index in [1.54, 1.807) is 19.1 Å². The Labute approximate surface area is 184 Å². The summed E-state index contributed by atoms with van der Waals surface area (Å²) in [7, 11) is 3.21. The lowest BCUT2D eigenvalue weighted by atomic mass is 10.0. The molecule has 2 aromatic carbocycles. The molecule has 1 aliphatic heterocycles. The molecule has 0 bridgehead atoms. The number of nitrogens with zero attached hydrogens (tertiary/aromatic N) is 1. The molecule has 1 heterocycles. The molecule has 31 heavy (non-hydrogen) atoms. The third kappa shape index (κ3) is 5.78. The highest BCUT2D eigenvalue weighted by atomic mass is 16.5. The van der Waals surface area contributed by atoms with Gasteiger partial charge in [0, 0.05) is 26.1 Å². The van der Waals surface area contributed by atoms with Gasteiger partial charge in [-0.15, -0.1) is 0 Å². The highest BCUT2D eigenvalue weighted by Crippen LogP contribution is 2.28. The van der Waals surface area contributed by atoms with E-state index in [0.29, 0.717) is 43.5 Å². The first-order valence-electron chi connectivity index (χ1n) is 10.8. The van der Waals surface area contributed by atoms with Crippen LogP contribution in [0.15, 0.2) is 42.5 Å². The van der Waals surface area contributed by atoms with Crippen LogP contribution in [-0.4, -0.2) is 44.0 Å². The third-order valence-electron chi connectivity index (χ3n) is 5.82. The van der Waals surface area contributed by atoms with E-state index in [0.717, 1.165) is 11.1 Å². The fourth-order valence-corrected chi connectivity index (χ4v) is 3.82. The van der Waals surface area contributed by atoms with Crippen LogP contribution in [0, 0.1) is 5.92 Å². The van der Waals surface area contributed by atoms with E-state index >= 15 is 0 Å². The monoisotopic (exact) mass is 424 g/mol. The van der Waals surface area contributed by atoms with Crippen LogP contribution in [0.3, 0.4) is 0 Å². The van der Waals surface area contributed by atoms with Crippen LogP contribution in [0.1, 0.15) is 42.9 Å². The molecule has 1 aliphatic rings. The number of methoxy groups -OCH3 is 2. The molecule has 166 valence electrons. The number of ether oxygens (including phenoxy) is 2. The average molecular weight is 425 g/mol. The van der Waals surface area contributed by atoms with Gasteiger partial charge in [-0.05, 0) is 41.2 Å². The normalized spacial score (nSPS) is 16.0. The van der Waals surface area contributed by atoms with E-state index in [1.165, 1.54) is 5.56 Å². The first kappa shape index (κ1) is 22.7. The van der Waals surface area contributed by atoms with E-state index in [9.17, 15) is 9.59 Å². The third-order valence-corrected chi connectivity index (χ3v) is 5.82. The summed E-state index contributed by atoms with van der Waals surface area (Å²) in [6.07, 6.45) is 0.965. The lowest BCUT2D eigenvalue weighted by molar-refractivity contribution is -0.129. The van der Waals surface area contributed by atoms with Gasteiger partial charge in [0.1, 0.15) is 0 Å². The molecule has 3 rings (SSSR count). The number of carbonyl (C=O) groups is 2. The topological polar surface area (TPSA) is 67.9 Å². The summed E-state index contributed by atoms with van der Waals surface area (Å²) in [4.78, 5) is 26.8. The van der Waals surface area contributed by atoms with Gasteiger partial charge in [0.15, 0.2) is 11.5 Å². The van der Waals surface area contributed by atoms with Gasteiger partial charge in [-0.25, -0.2) is 0 Å². The van der Waals surface area contributed by atoms with Crippen LogP contribution in [0.4, 0.5) is 0 Å². The van der Waals surface area contributed by atoms with Crippen molar-refractivity contribution in [2.75, 3.05) is 27.3 Å². The van der Waals surface area contributed by atoms with Gasteiger partial charge in [-0.2, -0.15) is 0 Å². The van der Waals surface area contributed by atoms with E-state index in [2.05, 4.69) is 31.3 Å². The van der Waals surface area contributed by atoms with Gasteiger partial charge >= 0.3 is 0 Å². The molecule has 1 N–H and O–H groups in total. The number of hydrogen-bond acceptors (Lipinski definition) is 4. The second-order valence-electron chi connectivity index (χ2n) is 8.29. The molecule has 0 spiro atoms. The molecular weight excluding hydrogens is 392 g/mol. The lowest BCUT2D eigenvalue weighted by Crippen LogP contribution is -2.33. The van der Waals surface area contributed by atoms with Crippen molar-refractivity contribution in [2.45, 2.75) is 39.2 Å². The van der Waals surface area contributed by atoms with Gasteiger partial charge < -0.3 is 19.7 Å². The number of hydrogen-bond donors (Lipinski definition) is 1. The van der Waals surface area contributed by atoms with Crippen molar-refractivity contribution in [3.8, 4) is 11.5 Å². The molecule has 6 nitrogen and oxygen atoms in total. The van der Waals surface area contributed by atoms with Crippen molar-refractivity contribution < 1.29 is 19.1 Å². The van der Waals surface area contributed by atoms with Crippen LogP contribution in [0.25, 0.3) is 0 Å². The zero-order chi connectivity index (χ0) is 22.4. The molecule has 6 heteroatoms. The summed E-state index contributed by atoms with van der Waals surface area (Å²) in [6, 6.07) is 14.0. The van der Waals surface area contributed by atoms with Crippen LogP contribution in [-0.2, 0) is 22.6 Å². The van der Waals surface area contributed by atoms with Crippen LogP contribution >= 0.6 is 0 Å². The standard InChI is InChI=1S/C25H32N2O4/c1-17(2)20-8-5-19(6-9-20)15-26-25(29)21-14-24(28)27(16-21)12-11-18-7-10-22(30-3)23(13-18)31-4/h5-10,13,17,21H,11-12,14-16H2,1-4H3,(H,26,29). The van der Waals surface area contributed by atoms with E-state index in [1.807, 2.05) is 30.3 Å². The van der Waals surface area contributed by atoms with Crippen molar-refractivity contribution in [2.24, 2.45) is 5.92 Å². The SMILES string of the molecule is COc1ccc(CCN2CC(C(=O)NCc3ccc(C(C)C)cc3)CC2=O)cc1OC. The van der Waals surface area contributed by atoms with Crippen LogP contribution in [0.5, 0.6) is 11.5 Å². The minimum atomic E-state index is -0.298. The van der Waals surface area contributed by atoms with Crippen molar-refractivity contribution >= 4 is 11.8 Å². The Bertz CT molecular complexity index is 908. The van der Waals surface area contributed by atoms with Crippen molar-refractivity contribution in [3.63, 3.8) is 0 Å². The molecule has 2 aromatic rings. The van der Waals surface area contributed by atoms with E-state index in [-0.39, 0.29) is 24.2 Å². The number of likely N-dealkylation sites (tertiary alicyclic amines) is 1. The Balaban J connectivity index is 1.49. The fraction of sp³-hybridized carbons (Fsp3) is 0.440. The largest absolute Gasteiger partial charge is 0.493 e. The smallest absolute Gasteiger partial charge is 0.225 e. The van der Waals surface area contributed by atoms with E-state index < -0.39 is 0 Å². The Hall–Kier alpha value is -3.02. The summed E-state index contributed by atoms with van der Waals surface area (Å²) in [5.41, 5.74) is 3.40. The quantitative estimate of drug-likeness (QED) is 0.669. The predicted octanol–water partition coefficient (Wildman–Crippen LogP) is 3.53. The maximum Gasteiger partial charge on any atom is 0.225 e. The molecule has 0 aromatic heterocycles. The average Bonchev–Trinajstić information content (AvgIpc) is 3.16. The van der Waals surface area contributed by atoms with Gasteiger partial charge in [0.25, 0.3) is 0 Å². The Morgan fingerprint density at radius 1 is 1.06 bits per heavy atom. The zero-order valence-corrected chi connectivity index (χ0v) is 18.8. The number of nitrogens with one attached hydrogen (secondary N) is 1. The zero-order valence-electron chi connectivity index (χ0n) is 18.8. The highest BCUT2D eigenvalue weighted by molar-refractivity contribution is 5.89. The Morgan fingerprint density at radius 3 is 2.39 bits per heavy atom. The highest BCUT2D eigenvalue weighted by Gasteiger charge is 2.33. The maximum atomic E-state index is 12.6. The molecule has 0 saturated carbocycles. The number of benzene rings is 2. The molecule has 0 radical (unpaired) electrons.